The average Bonchev–Trinajstić information content (AvgIpc) is 2.40. The van der Waals surface area contributed by atoms with E-state index < -0.39 is 0 Å². The van der Waals surface area contributed by atoms with Crippen molar-refractivity contribution in [2.24, 2.45) is 7.05 Å². The highest BCUT2D eigenvalue weighted by Crippen LogP contribution is 2.17. The van der Waals surface area contributed by atoms with E-state index >= 15 is 0 Å². The van der Waals surface area contributed by atoms with Crippen LogP contribution in [0.2, 0.25) is 0 Å². The van der Waals surface area contributed by atoms with Crippen LogP contribution in [0, 0.1) is 27.7 Å². The zero-order chi connectivity index (χ0) is 15.7. The van der Waals surface area contributed by atoms with Gasteiger partial charge in [-0.1, -0.05) is 12.1 Å². The van der Waals surface area contributed by atoms with Crippen molar-refractivity contribution in [2.45, 2.75) is 27.7 Å². The van der Waals surface area contributed by atoms with Crippen LogP contribution < -0.4 is 10.9 Å². The van der Waals surface area contributed by atoms with Gasteiger partial charge in [-0.2, -0.15) is 0 Å². The Labute approximate surface area is 124 Å². The molecule has 1 aromatic heterocycles. The van der Waals surface area contributed by atoms with E-state index in [0.717, 1.165) is 22.5 Å². The Morgan fingerprint density at radius 1 is 1.05 bits per heavy atom. The quantitative estimate of drug-likeness (QED) is 0.922. The van der Waals surface area contributed by atoms with E-state index in [1.54, 1.807) is 14.0 Å². The van der Waals surface area contributed by atoms with Crippen LogP contribution in [0.3, 0.4) is 0 Å². The summed E-state index contributed by atoms with van der Waals surface area (Å²) in [6.45, 7) is 7.52. The number of hydrogen-bond acceptors (Lipinski definition) is 2. The highest BCUT2D eigenvalue weighted by atomic mass is 16.2. The molecule has 0 fully saturated rings. The fraction of sp³-hybridized carbons (Fsp3) is 0.294. The van der Waals surface area contributed by atoms with Gasteiger partial charge in [0.15, 0.2) is 0 Å². The maximum absolute atomic E-state index is 12.5. The van der Waals surface area contributed by atoms with Crippen molar-refractivity contribution in [1.29, 1.82) is 0 Å². The first-order chi connectivity index (χ1) is 9.81. The lowest BCUT2D eigenvalue weighted by atomic mass is 10.1. The second kappa shape index (κ2) is 5.56. The summed E-state index contributed by atoms with van der Waals surface area (Å²) in [5.74, 6) is -0.359. The topological polar surface area (TPSA) is 51.1 Å². The van der Waals surface area contributed by atoms with Gasteiger partial charge in [0.2, 0.25) is 0 Å². The molecule has 1 aromatic carbocycles. The number of amides is 1. The van der Waals surface area contributed by atoms with Crippen LogP contribution >= 0.6 is 0 Å². The summed E-state index contributed by atoms with van der Waals surface area (Å²) in [4.78, 5) is 24.8. The number of rotatable bonds is 2. The molecule has 21 heavy (non-hydrogen) atoms. The van der Waals surface area contributed by atoms with Gasteiger partial charge in [-0.05, 0) is 56.5 Å². The van der Waals surface area contributed by atoms with Crippen LogP contribution in [0.1, 0.15) is 32.7 Å². The smallest absolute Gasteiger partial charge is 0.263 e. The zero-order valence-corrected chi connectivity index (χ0v) is 13.1. The minimum absolute atomic E-state index is 0.198. The van der Waals surface area contributed by atoms with Crippen LogP contribution in [0.15, 0.2) is 29.1 Å². The monoisotopic (exact) mass is 284 g/mol. The fourth-order valence-electron chi connectivity index (χ4n) is 2.31. The minimum Gasteiger partial charge on any atom is -0.322 e. The van der Waals surface area contributed by atoms with E-state index in [1.807, 2.05) is 45.0 Å². The molecule has 0 saturated heterocycles. The molecule has 1 amide bonds. The van der Waals surface area contributed by atoms with Crippen molar-refractivity contribution in [3.63, 3.8) is 0 Å². The van der Waals surface area contributed by atoms with Gasteiger partial charge >= 0.3 is 0 Å². The zero-order valence-electron chi connectivity index (χ0n) is 13.1. The second-order valence-electron chi connectivity index (χ2n) is 5.48. The van der Waals surface area contributed by atoms with Crippen molar-refractivity contribution in [3.8, 4) is 0 Å². The number of carbonyl (C=O) groups excluding carboxylic acids is 1. The average molecular weight is 284 g/mol. The van der Waals surface area contributed by atoms with Crippen LogP contribution in [0.5, 0.6) is 0 Å². The van der Waals surface area contributed by atoms with E-state index in [4.69, 9.17) is 0 Å². The molecular weight excluding hydrogens is 264 g/mol. The maximum Gasteiger partial charge on any atom is 0.263 e. The molecule has 2 rings (SSSR count). The molecule has 110 valence electrons. The summed E-state index contributed by atoms with van der Waals surface area (Å²) in [5, 5.41) is 2.84. The number of pyridine rings is 1. The van der Waals surface area contributed by atoms with Crippen LogP contribution in [0.4, 0.5) is 5.69 Å². The van der Waals surface area contributed by atoms with Gasteiger partial charge in [0.05, 0.1) is 0 Å². The second-order valence-corrected chi connectivity index (χ2v) is 5.48. The number of aryl methyl sites for hydroxylation is 4. The lowest BCUT2D eigenvalue weighted by Gasteiger charge is -2.12. The van der Waals surface area contributed by atoms with E-state index in [1.165, 1.54) is 4.57 Å². The van der Waals surface area contributed by atoms with Crippen molar-refractivity contribution in [3.05, 3.63) is 62.6 Å². The van der Waals surface area contributed by atoms with Gasteiger partial charge in [-0.25, -0.2) is 0 Å². The highest BCUT2D eigenvalue weighted by Gasteiger charge is 2.17. The lowest BCUT2D eigenvalue weighted by molar-refractivity contribution is 0.102. The number of hydrogen-bond donors (Lipinski definition) is 1. The van der Waals surface area contributed by atoms with Gasteiger partial charge in [-0.3, -0.25) is 9.59 Å². The summed E-state index contributed by atoms with van der Waals surface area (Å²) in [6, 6.07) is 7.69. The predicted octanol–water partition coefficient (Wildman–Crippen LogP) is 2.87. The Hall–Kier alpha value is -2.36. The number of carbonyl (C=O) groups is 1. The Kier molecular flexibility index (Phi) is 3.98. The Morgan fingerprint density at radius 2 is 1.71 bits per heavy atom. The molecule has 1 heterocycles. The third-order valence-electron chi connectivity index (χ3n) is 3.74. The number of nitrogens with one attached hydrogen (secondary N) is 1. The van der Waals surface area contributed by atoms with E-state index in [0.29, 0.717) is 5.56 Å². The molecule has 0 spiro atoms. The van der Waals surface area contributed by atoms with Crippen molar-refractivity contribution < 1.29 is 4.79 Å². The van der Waals surface area contributed by atoms with Crippen molar-refractivity contribution in [2.75, 3.05) is 5.32 Å². The molecule has 1 N–H and O–H groups in total. The third kappa shape index (κ3) is 2.89. The Morgan fingerprint density at radius 3 is 2.38 bits per heavy atom. The summed E-state index contributed by atoms with van der Waals surface area (Å²) in [6.07, 6.45) is 0. The van der Waals surface area contributed by atoms with E-state index in [-0.39, 0.29) is 17.0 Å². The minimum atomic E-state index is -0.359. The highest BCUT2D eigenvalue weighted by molar-refractivity contribution is 6.05. The Bertz CT molecular complexity index is 773. The molecule has 0 aliphatic heterocycles. The van der Waals surface area contributed by atoms with E-state index in [2.05, 4.69) is 5.32 Å². The first kappa shape index (κ1) is 15.0. The number of nitrogens with zero attached hydrogens (tertiary/aromatic N) is 1. The van der Waals surface area contributed by atoms with Gasteiger partial charge in [0.25, 0.3) is 11.5 Å². The lowest BCUT2D eigenvalue weighted by Crippen LogP contribution is -2.30. The third-order valence-corrected chi connectivity index (χ3v) is 3.74. The fourth-order valence-corrected chi connectivity index (χ4v) is 2.31. The number of anilines is 1. The molecule has 0 saturated carbocycles. The number of benzene rings is 1. The van der Waals surface area contributed by atoms with Crippen molar-refractivity contribution in [1.82, 2.24) is 4.57 Å². The molecule has 0 bridgehead atoms. The molecule has 0 aliphatic rings. The standard InChI is InChI=1S/C17H20N2O2/c1-10-6-7-11(2)14(8-10)18-16(20)15-12(3)9-13(4)19(5)17(15)21/h6-9H,1-5H3,(H,18,20). The number of aromatic nitrogens is 1. The predicted molar refractivity (Wildman–Crippen MR) is 85.0 cm³/mol. The molecule has 4 heteroatoms. The van der Waals surface area contributed by atoms with Gasteiger partial charge in [-0.15, -0.1) is 0 Å². The van der Waals surface area contributed by atoms with Gasteiger partial charge in [0.1, 0.15) is 5.56 Å². The largest absolute Gasteiger partial charge is 0.322 e. The molecular formula is C17H20N2O2. The van der Waals surface area contributed by atoms with Gasteiger partial charge in [0, 0.05) is 18.4 Å². The molecule has 0 radical (unpaired) electrons. The van der Waals surface area contributed by atoms with Crippen LogP contribution in [-0.4, -0.2) is 10.5 Å². The molecule has 2 aromatic rings. The van der Waals surface area contributed by atoms with E-state index in [9.17, 15) is 9.59 Å². The molecule has 0 unspecified atom stereocenters. The van der Waals surface area contributed by atoms with Crippen LogP contribution in [-0.2, 0) is 7.05 Å². The SMILES string of the molecule is Cc1ccc(C)c(NC(=O)c2c(C)cc(C)n(C)c2=O)c1. The normalized spacial score (nSPS) is 10.5. The maximum atomic E-state index is 12.5. The van der Waals surface area contributed by atoms with Crippen molar-refractivity contribution >= 4 is 11.6 Å². The first-order valence-corrected chi connectivity index (χ1v) is 6.87. The molecule has 0 aliphatic carbocycles. The first-order valence-electron chi connectivity index (χ1n) is 6.87. The Balaban J connectivity index is 2.44. The van der Waals surface area contributed by atoms with Gasteiger partial charge < -0.3 is 9.88 Å². The summed E-state index contributed by atoms with van der Waals surface area (Å²) >= 11 is 0. The summed E-state index contributed by atoms with van der Waals surface area (Å²) < 4.78 is 1.49. The molecule has 0 atom stereocenters. The summed E-state index contributed by atoms with van der Waals surface area (Å²) in [5.41, 5.74) is 4.22. The summed E-state index contributed by atoms with van der Waals surface area (Å²) in [7, 11) is 1.67. The van der Waals surface area contributed by atoms with Crippen LogP contribution in [0.25, 0.3) is 0 Å². The molecule has 4 nitrogen and oxygen atoms in total.